The van der Waals surface area contributed by atoms with Crippen molar-refractivity contribution in [3.05, 3.63) is 17.5 Å². The highest BCUT2D eigenvalue weighted by molar-refractivity contribution is 7.99. The summed E-state index contributed by atoms with van der Waals surface area (Å²) in [5, 5.41) is 4.55. The molecular weight excluding hydrogens is 282 g/mol. The largest absolute Gasteiger partial charge is 0.375 e. The minimum absolute atomic E-state index is 0.0816. The lowest BCUT2D eigenvalue weighted by Crippen LogP contribution is -2.45. The third kappa shape index (κ3) is 3.15. The summed E-state index contributed by atoms with van der Waals surface area (Å²) in [5.41, 5.74) is 9.03. The zero-order valence-corrected chi connectivity index (χ0v) is 14.0. The van der Waals surface area contributed by atoms with Crippen LogP contribution in [0.1, 0.15) is 50.0 Å². The number of aryl methyl sites for hydroxylation is 2. The predicted molar refractivity (Wildman–Crippen MR) is 87.5 cm³/mol. The Morgan fingerprint density at radius 2 is 2.29 bits per heavy atom. The molecule has 21 heavy (non-hydrogen) atoms. The van der Waals surface area contributed by atoms with E-state index in [0.29, 0.717) is 5.92 Å². The summed E-state index contributed by atoms with van der Waals surface area (Å²) in [7, 11) is 2.01. The SMILES string of the molecule is CCc1cc(C(N)C2CCOC3(CCSCC3)C2)n(C)n1. The molecule has 118 valence electrons. The molecule has 0 saturated carbocycles. The average molecular weight is 309 g/mol. The van der Waals surface area contributed by atoms with Crippen LogP contribution in [0.5, 0.6) is 0 Å². The van der Waals surface area contributed by atoms with Crippen molar-refractivity contribution in [1.29, 1.82) is 0 Å². The lowest BCUT2D eigenvalue weighted by atomic mass is 9.78. The Morgan fingerprint density at radius 1 is 1.52 bits per heavy atom. The van der Waals surface area contributed by atoms with E-state index in [2.05, 4.69) is 29.9 Å². The molecule has 4 nitrogen and oxygen atoms in total. The van der Waals surface area contributed by atoms with Crippen LogP contribution >= 0.6 is 11.8 Å². The summed E-state index contributed by atoms with van der Waals surface area (Å²) >= 11 is 2.05. The van der Waals surface area contributed by atoms with Gasteiger partial charge in [0.15, 0.2) is 0 Å². The number of hydrogen-bond acceptors (Lipinski definition) is 4. The molecule has 2 N–H and O–H groups in total. The minimum atomic E-state index is 0.0816. The van der Waals surface area contributed by atoms with Gasteiger partial charge in [-0.05, 0) is 55.6 Å². The first-order valence-electron chi connectivity index (χ1n) is 8.14. The van der Waals surface area contributed by atoms with Crippen LogP contribution in [0.2, 0.25) is 0 Å². The summed E-state index contributed by atoms with van der Waals surface area (Å²) in [4.78, 5) is 0. The van der Waals surface area contributed by atoms with Gasteiger partial charge in [0.2, 0.25) is 0 Å². The van der Waals surface area contributed by atoms with Crippen LogP contribution in [0.15, 0.2) is 6.07 Å². The second kappa shape index (κ2) is 6.31. The number of ether oxygens (including phenoxy) is 1. The highest BCUT2D eigenvalue weighted by Crippen LogP contribution is 2.42. The number of aromatic nitrogens is 2. The lowest BCUT2D eigenvalue weighted by Gasteiger charge is -2.44. The summed E-state index contributed by atoms with van der Waals surface area (Å²) in [6.45, 7) is 3.00. The van der Waals surface area contributed by atoms with Crippen molar-refractivity contribution in [3.8, 4) is 0 Å². The monoisotopic (exact) mass is 309 g/mol. The summed E-state index contributed by atoms with van der Waals surface area (Å²) < 4.78 is 8.16. The van der Waals surface area contributed by atoms with Gasteiger partial charge in [-0.15, -0.1) is 0 Å². The van der Waals surface area contributed by atoms with Gasteiger partial charge in [0.05, 0.1) is 17.0 Å². The third-order valence-electron chi connectivity index (χ3n) is 5.11. The maximum atomic E-state index is 6.61. The van der Waals surface area contributed by atoms with Crippen LogP contribution in [-0.2, 0) is 18.2 Å². The van der Waals surface area contributed by atoms with E-state index >= 15 is 0 Å². The Hall–Kier alpha value is -0.520. The molecule has 1 aromatic rings. The maximum absolute atomic E-state index is 6.61. The van der Waals surface area contributed by atoms with Gasteiger partial charge in [-0.2, -0.15) is 16.9 Å². The van der Waals surface area contributed by atoms with Crippen LogP contribution in [0.3, 0.4) is 0 Å². The molecule has 3 heterocycles. The Balaban J connectivity index is 1.74. The maximum Gasteiger partial charge on any atom is 0.0701 e. The number of thioether (sulfide) groups is 1. The van der Waals surface area contributed by atoms with Gasteiger partial charge in [-0.25, -0.2) is 0 Å². The van der Waals surface area contributed by atoms with E-state index < -0.39 is 0 Å². The van der Waals surface area contributed by atoms with Gasteiger partial charge in [0.1, 0.15) is 0 Å². The van der Waals surface area contributed by atoms with Crippen molar-refractivity contribution >= 4 is 11.8 Å². The molecule has 0 aromatic carbocycles. The first-order chi connectivity index (χ1) is 10.1. The topological polar surface area (TPSA) is 53.1 Å². The Kier molecular flexibility index (Phi) is 4.62. The summed E-state index contributed by atoms with van der Waals surface area (Å²) in [6.07, 6.45) is 5.53. The van der Waals surface area contributed by atoms with Crippen molar-refractivity contribution in [2.45, 2.75) is 50.7 Å². The van der Waals surface area contributed by atoms with E-state index in [0.717, 1.165) is 31.6 Å². The van der Waals surface area contributed by atoms with Crippen molar-refractivity contribution in [1.82, 2.24) is 9.78 Å². The molecule has 2 unspecified atom stereocenters. The van der Waals surface area contributed by atoms with Gasteiger partial charge in [0, 0.05) is 19.7 Å². The van der Waals surface area contributed by atoms with Crippen molar-refractivity contribution < 1.29 is 4.74 Å². The van der Waals surface area contributed by atoms with E-state index in [-0.39, 0.29) is 11.6 Å². The highest BCUT2D eigenvalue weighted by Gasteiger charge is 2.41. The predicted octanol–water partition coefficient (Wildman–Crippen LogP) is 2.67. The summed E-state index contributed by atoms with van der Waals surface area (Å²) in [5.74, 6) is 2.98. The summed E-state index contributed by atoms with van der Waals surface area (Å²) in [6, 6.07) is 2.27. The first kappa shape index (κ1) is 15.4. The molecule has 0 radical (unpaired) electrons. The van der Waals surface area contributed by atoms with Gasteiger partial charge in [0.25, 0.3) is 0 Å². The molecule has 0 aliphatic carbocycles. The Bertz CT molecular complexity index is 476. The Morgan fingerprint density at radius 3 is 2.95 bits per heavy atom. The number of nitrogens with two attached hydrogens (primary N) is 1. The highest BCUT2D eigenvalue weighted by atomic mass is 32.2. The van der Waals surface area contributed by atoms with Crippen LogP contribution in [-0.4, -0.2) is 33.5 Å². The number of rotatable bonds is 3. The lowest BCUT2D eigenvalue weighted by molar-refractivity contribution is -0.106. The van der Waals surface area contributed by atoms with Crippen LogP contribution in [0.4, 0.5) is 0 Å². The molecule has 1 spiro atoms. The smallest absolute Gasteiger partial charge is 0.0701 e. The zero-order valence-electron chi connectivity index (χ0n) is 13.2. The second-order valence-electron chi connectivity index (χ2n) is 6.46. The van der Waals surface area contributed by atoms with Gasteiger partial charge < -0.3 is 10.5 Å². The molecule has 5 heteroatoms. The molecule has 2 fully saturated rings. The van der Waals surface area contributed by atoms with E-state index in [1.165, 1.54) is 30.0 Å². The second-order valence-corrected chi connectivity index (χ2v) is 7.68. The third-order valence-corrected chi connectivity index (χ3v) is 6.10. The molecule has 2 aliphatic heterocycles. The molecule has 0 amide bonds. The Labute approximate surface area is 131 Å². The van der Waals surface area contributed by atoms with Crippen LogP contribution in [0.25, 0.3) is 0 Å². The molecule has 3 rings (SSSR count). The molecule has 0 bridgehead atoms. The van der Waals surface area contributed by atoms with E-state index in [1.54, 1.807) is 0 Å². The van der Waals surface area contributed by atoms with Gasteiger partial charge in [-0.3, -0.25) is 4.68 Å². The number of nitrogens with zero attached hydrogens (tertiary/aromatic N) is 2. The van der Waals surface area contributed by atoms with Crippen LogP contribution < -0.4 is 5.73 Å². The minimum Gasteiger partial charge on any atom is -0.375 e. The van der Waals surface area contributed by atoms with Crippen LogP contribution in [0, 0.1) is 5.92 Å². The fourth-order valence-electron chi connectivity index (χ4n) is 3.73. The van der Waals surface area contributed by atoms with E-state index in [4.69, 9.17) is 10.5 Å². The quantitative estimate of drug-likeness (QED) is 0.932. The molecular formula is C16H27N3OS. The van der Waals surface area contributed by atoms with Crippen molar-refractivity contribution in [2.75, 3.05) is 18.1 Å². The van der Waals surface area contributed by atoms with Gasteiger partial charge >= 0.3 is 0 Å². The average Bonchev–Trinajstić information content (AvgIpc) is 2.88. The first-order valence-corrected chi connectivity index (χ1v) is 9.29. The molecule has 2 atom stereocenters. The normalized spacial score (nSPS) is 26.9. The fourth-order valence-corrected chi connectivity index (χ4v) is 4.97. The number of hydrogen-bond donors (Lipinski definition) is 1. The standard InChI is InChI=1S/C16H27N3OS/c1-3-13-10-14(19(2)18-13)15(17)12-4-7-20-16(11-12)5-8-21-9-6-16/h10,12,15H,3-9,11,17H2,1-2H3. The fraction of sp³-hybridized carbons (Fsp3) is 0.812. The molecule has 1 aromatic heterocycles. The van der Waals surface area contributed by atoms with E-state index in [1.807, 2.05) is 11.7 Å². The van der Waals surface area contributed by atoms with E-state index in [9.17, 15) is 0 Å². The van der Waals surface area contributed by atoms with Crippen molar-refractivity contribution in [2.24, 2.45) is 18.7 Å². The van der Waals surface area contributed by atoms with Gasteiger partial charge in [-0.1, -0.05) is 6.92 Å². The molecule has 2 saturated heterocycles. The molecule has 2 aliphatic rings. The van der Waals surface area contributed by atoms with Crippen molar-refractivity contribution in [3.63, 3.8) is 0 Å². The zero-order chi connectivity index (χ0) is 14.9.